The third-order valence-electron chi connectivity index (χ3n) is 5.04. The van der Waals surface area contributed by atoms with Gasteiger partial charge in [0.25, 0.3) is 0 Å². The molecule has 0 aromatic heterocycles. The van der Waals surface area contributed by atoms with E-state index in [1.165, 1.54) is 77.0 Å². The van der Waals surface area contributed by atoms with Gasteiger partial charge in [0.05, 0.1) is 0 Å². The van der Waals surface area contributed by atoms with Crippen LogP contribution in [0.15, 0.2) is 36.5 Å². The van der Waals surface area contributed by atoms with Crippen LogP contribution in [0.4, 0.5) is 0 Å². The van der Waals surface area contributed by atoms with Crippen LogP contribution in [0.5, 0.6) is 0 Å². The normalized spacial score (nSPS) is 30.8. The van der Waals surface area contributed by atoms with Crippen LogP contribution in [-0.2, 0) is 0 Å². The average Bonchev–Trinajstić information content (AvgIpc) is 3.11. The molecule has 3 aliphatic rings. The second-order valence-corrected chi connectivity index (χ2v) is 34.6. The first-order chi connectivity index (χ1) is 12.4. The van der Waals surface area contributed by atoms with Crippen molar-refractivity contribution in [3.05, 3.63) is 36.5 Å². The molecule has 0 nitrogen and oxygen atoms in total. The van der Waals surface area contributed by atoms with Gasteiger partial charge in [-0.05, 0) is 0 Å². The molecule has 0 bridgehead atoms. The van der Waals surface area contributed by atoms with Crippen molar-refractivity contribution in [1.82, 2.24) is 0 Å². The van der Waals surface area contributed by atoms with E-state index in [2.05, 4.69) is 62.0 Å². The van der Waals surface area contributed by atoms with Crippen LogP contribution in [0.1, 0.15) is 77.0 Å². The van der Waals surface area contributed by atoms with Crippen molar-refractivity contribution < 1.29 is 0 Å². The number of hydrogen-bond donors (Lipinski definition) is 0. The molecular weight excluding hydrogens is 557 g/mol. The molecule has 0 aliphatic heterocycles. The van der Waals surface area contributed by atoms with Crippen LogP contribution in [0.2, 0.25) is 0 Å². The Morgan fingerprint density at radius 2 is 0.880 bits per heavy atom. The zero-order valence-corrected chi connectivity index (χ0v) is 21.3. The molecule has 3 atom stereocenters. The van der Waals surface area contributed by atoms with Gasteiger partial charge in [-0.3, -0.25) is 0 Å². The number of rotatable bonds is 6. The van der Waals surface area contributed by atoms with Gasteiger partial charge in [-0.15, -0.1) is 0 Å². The van der Waals surface area contributed by atoms with Crippen molar-refractivity contribution in [1.29, 1.82) is 0 Å². The van der Waals surface area contributed by atoms with E-state index in [1.54, 1.807) is 0 Å². The summed E-state index contributed by atoms with van der Waals surface area (Å²) in [6.07, 6.45) is 31.8. The first-order valence-corrected chi connectivity index (χ1v) is 25.5. The van der Waals surface area contributed by atoms with Crippen LogP contribution < -0.4 is 0 Å². The van der Waals surface area contributed by atoms with Gasteiger partial charge in [0.1, 0.15) is 0 Å². The predicted molar refractivity (Wildman–Crippen MR) is 123 cm³/mol. The summed E-state index contributed by atoms with van der Waals surface area (Å²) >= 11 is -1.66. The molecule has 0 aromatic carbocycles. The van der Waals surface area contributed by atoms with Crippen LogP contribution >= 0.6 is 25.6 Å². The van der Waals surface area contributed by atoms with E-state index < -0.39 is 17.4 Å². The molecule has 0 fully saturated rings. The van der Waals surface area contributed by atoms with Crippen LogP contribution in [0.25, 0.3) is 0 Å². The summed E-state index contributed by atoms with van der Waals surface area (Å²) in [6, 6.07) is 0. The van der Waals surface area contributed by atoms with Gasteiger partial charge >= 0.3 is 172 Å². The molecule has 3 aliphatic carbocycles. The molecule has 0 heterocycles. The maximum absolute atomic E-state index is 2.56. The second-order valence-electron chi connectivity index (χ2n) is 7.29. The van der Waals surface area contributed by atoms with Gasteiger partial charge in [-0.1, -0.05) is 0 Å². The molecule has 25 heavy (non-hydrogen) atoms. The summed E-state index contributed by atoms with van der Waals surface area (Å²) in [5.74, 6) is 0. The average molecular weight is 591 g/mol. The van der Waals surface area contributed by atoms with E-state index in [4.69, 9.17) is 0 Å². The summed E-state index contributed by atoms with van der Waals surface area (Å²) in [5.41, 5.74) is 0. The van der Waals surface area contributed by atoms with Gasteiger partial charge < -0.3 is 0 Å². The van der Waals surface area contributed by atoms with Crippen molar-refractivity contribution in [3.8, 4) is 0 Å². The predicted octanol–water partition coefficient (Wildman–Crippen LogP) is 7.67. The van der Waals surface area contributed by atoms with Crippen molar-refractivity contribution in [2.24, 2.45) is 0 Å². The summed E-state index contributed by atoms with van der Waals surface area (Å²) < 4.78 is 0. The number of hydrogen-bond acceptors (Lipinski definition) is 3. The van der Waals surface area contributed by atoms with Crippen molar-refractivity contribution in [3.63, 3.8) is 0 Å². The topological polar surface area (TPSA) is 0 Å². The number of allylic oxidation sites excluding steroid dienone is 3. The van der Waals surface area contributed by atoms with Gasteiger partial charge in [0.2, 0.25) is 0 Å². The van der Waals surface area contributed by atoms with Crippen LogP contribution in [0.3, 0.4) is 0 Å². The van der Waals surface area contributed by atoms with Crippen LogP contribution in [-0.4, -0.2) is 33.1 Å². The summed E-state index contributed by atoms with van der Waals surface area (Å²) in [7, 11) is 7.36. The molecule has 4 heteroatoms. The third kappa shape index (κ3) is 8.36. The van der Waals surface area contributed by atoms with Crippen molar-refractivity contribution in [2.75, 3.05) is 0 Å². The van der Waals surface area contributed by atoms with Gasteiger partial charge in [-0.2, -0.15) is 0 Å². The Morgan fingerprint density at radius 1 is 0.520 bits per heavy atom. The van der Waals surface area contributed by atoms with E-state index in [9.17, 15) is 0 Å². The molecule has 0 saturated heterocycles. The molecule has 3 rings (SSSR count). The molecule has 3 unspecified atom stereocenters. The Kier molecular flexibility index (Phi) is 10.5. The third-order valence-corrected chi connectivity index (χ3v) is 36.6. The van der Waals surface area contributed by atoms with E-state index in [0.29, 0.717) is 0 Å². The fraction of sp³-hybridized carbons (Fsp3) is 0.714. The summed E-state index contributed by atoms with van der Waals surface area (Å²) in [5, 5.41) is 2.47. The van der Waals surface area contributed by atoms with Gasteiger partial charge in [0, 0.05) is 0 Å². The molecule has 0 aromatic rings. The van der Waals surface area contributed by atoms with Crippen LogP contribution in [0, 0.1) is 0 Å². The van der Waals surface area contributed by atoms with E-state index in [-0.39, 0.29) is 0 Å². The fourth-order valence-electron chi connectivity index (χ4n) is 3.53. The van der Waals surface area contributed by atoms with Gasteiger partial charge in [-0.25, -0.2) is 0 Å². The molecule has 0 N–H and O–H groups in total. The molecule has 0 amide bonds. The van der Waals surface area contributed by atoms with E-state index >= 15 is 0 Å². The standard InChI is InChI=1S/3C7H12S.Bi/c3*8-7-5-3-1-2-4-6-7;/h3*3,5,7-8H,1-2,4,6H2;/q;;;+3/p-3. The zero-order valence-electron chi connectivity index (χ0n) is 15.4. The first-order valence-electron chi connectivity index (χ1n) is 10.2. The summed E-state index contributed by atoms with van der Waals surface area (Å²) in [4.78, 5) is 0. The molecule has 140 valence electrons. The fourth-order valence-corrected chi connectivity index (χ4v) is 42.7. The Morgan fingerprint density at radius 3 is 1.24 bits per heavy atom. The summed E-state index contributed by atoms with van der Waals surface area (Å²) in [6.45, 7) is 0. The van der Waals surface area contributed by atoms with Crippen molar-refractivity contribution in [2.45, 2.75) is 92.8 Å². The van der Waals surface area contributed by atoms with Crippen molar-refractivity contribution >= 4 is 42.9 Å². The van der Waals surface area contributed by atoms with E-state index in [1.807, 2.05) is 0 Å². The van der Waals surface area contributed by atoms with E-state index in [0.717, 1.165) is 15.7 Å². The SMILES string of the molecule is C1=CC([S][Bi]([S]C2C=CCCCC2)[S]C2C=CCCCC2)CCCC1. The monoisotopic (exact) mass is 590 g/mol. The quantitative estimate of drug-likeness (QED) is 0.230. The Bertz CT molecular complexity index is 393. The first kappa shape index (κ1) is 20.9. The Hall–Kier alpha value is 1.15. The van der Waals surface area contributed by atoms with Gasteiger partial charge in [0.15, 0.2) is 0 Å². The Balaban J connectivity index is 1.61. The molecular formula is C21H33BiS3. The molecule has 0 spiro atoms. The maximum atomic E-state index is 2.56. The molecule has 0 saturated carbocycles. The minimum absolute atomic E-state index is 0.824. The Labute approximate surface area is 171 Å². The minimum atomic E-state index is -1.66. The second kappa shape index (κ2) is 12.6. The zero-order chi connectivity index (χ0) is 17.2. The molecule has 0 radical (unpaired) electrons.